The monoisotopic (exact) mass is 311 g/mol. The van der Waals surface area contributed by atoms with Crippen LogP contribution >= 0.6 is 11.8 Å². The van der Waals surface area contributed by atoms with E-state index in [1.807, 2.05) is 42.2 Å². The van der Waals surface area contributed by atoms with Crippen LogP contribution in [0.2, 0.25) is 0 Å². The fraction of sp³-hybridized carbons (Fsp3) is 0.294. The van der Waals surface area contributed by atoms with E-state index in [-0.39, 0.29) is 5.75 Å². The summed E-state index contributed by atoms with van der Waals surface area (Å²) in [5, 5.41) is 10.4. The van der Waals surface area contributed by atoms with Gasteiger partial charge in [-0.05, 0) is 42.9 Å². The zero-order valence-electron chi connectivity index (χ0n) is 12.1. The molecule has 0 aliphatic carbocycles. The number of fused-ring (bicyclic) bond motifs is 1. The van der Waals surface area contributed by atoms with E-state index in [4.69, 9.17) is 4.98 Å². The Kier molecular flexibility index (Phi) is 3.50. The lowest BCUT2D eigenvalue weighted by atomic mass is 10.2. The van der Waals surface area contributed by atoms with Gasteiger partial charge in [0.25, 0.3) is 0 Å². The van der Waals surface area contributed by atoms with Crippen LogP contribution < -0.4 is 0 Å². The summed E-state index contributed by atoms with van der Waals surface area (Å²) in [4.78, 5) is 9.27. The Morgan fingerprint density at radius 1 is 1.27 bits per heavy atom. The summed E-state index contributed by atoms with van der Waals surface area (Å²) in [6, 6.07) is 11.2. The van der Waals surface area contributed by atoms with Crippen molar-refractivity contribution in [3.8, 4) is 17.1 Å². The molecule has 1 aliphatic heterocycles. The Balaban J connectivity index is 1.85. The summed E-state index contributed by atoms with van der Waals surface area (Å²) in [5.41, 5.74) is 2.76. The Bertz CT molecular complexity index is 809. The smallest absolute Gasteiger partial charge is 0.160 e. The standard InChI is InChI=1S/C17H17N3OS/c21-13-5-1-4-12(10-13)16-19-15-7-2-8-18-17(15)20(16)11-14-6-3-9-22-14/h1-2,4-5,7-8,10,14,21H,3,6,9,11H2. The lowest BCUT2D eigenvalue weighted by Gasteiger charge is -2.13. The summed E-state index contributed by atoms with van der Waals surface area (Å²) >= 11 is 2.03. The van der Waals surface area contributed by atoms with E-state index in [9.17, 15) is 5.11 Å². The van der Waals surface area contributed by atoms with Gasteiger partial charge >= 0.3 is 0 Å². The number of phenolic OH excluding ortho intramolecular Hbond substituents is 1. The molecule has 1 fully saturated rings. The molecule has 1 saturated heterocycles. The summed E-state index contributed by atoms with van der Waals surface area (Å²) < 4.78 is 2.20. The third-order valence-corrected chi connectivity index (χ3v) is 5.40. The van der Waals surface area contributed by atoms with Gasteiger partial charge < -0.3 is 9.67 Å². The number of phenols is 1. The second-order valence-electron chi connectivity index (χ2n) is 5.58. The molecule has 4 rings (SSSR count). The maximum Gasteiger partial charge on any atom is 0.160 e. The number of aromatic nitrogens is 3. The minimum Gasteiger partial charge on any atom is -0.508 e. The number of benzene rings is 1. The summed E-state index contributed by atoms with van der Waals surface area (Å²) in [5.74, 6) is 2.39. The number of imidazole rings is 1. The normalized spacial score (nSPS) is 18.1. The van der Waals surface area contributed by atoms with E-state index in [0.29, 0.717) is 5.25 Å². The van der Waals surface area contributed by atoms with Crippen LogP contribution in [0, 0.1) is 0 Å². The van der Waals surface area contributed by atoms with Crippen molar-refractivity contribution in [2.45, 2.75) is 24.6 Å². The van der Waals surface area contributed by atoms with Crippen LogP contribution in [-0.4, -0.2) is 30.6 Å². The molecule has 1 atom stereocenters. The van der Waals surface area contributed by atoms with Gasteiger partial charge in [-0.25, -0.2) is 9.97 Å². The van der Waals surface area contributed by atoms with Crippen molar-refractivity contribution < 1.29 is 5.11 Å². The van der Waals surface area contributed by atoms with E-state index in [0.717, 1.165) is 29.1 Å². The maximum atomic E-state index is 9.77. The van der Waals surface area contributed by atoms with Crippen LogP contribution in [0.1, 0.15) is 12.8 Å². The van der Waals surface area contributed by atoms with Crippen molar-refractivity contribution in [3.63, 3.8) is 0 Å². The number of pyridine rings is 1. The highest BCUT2D eigenvalue weighted by atomic mass is 32.2. The summed E-state index contributed by atoms with van der Waals surface area (Å²) in [6.45, 7) is 0.920. The molecule has 3 heterocycles. The molecule has 22 heavy (non-hydrogen) atoms. The predicted molar refractivity (Wildman–Crippen MR) is 90.1 cm³/mol. The van der Waals surface area contributed by atoms with E-state index in [2.05, 4.69) is 9.55 Å². The first-order valence-electron chi connectivity index (χ1n) is 7.53. The summed E-state index contributed by atoms with van der Waals surface area (Å²) in [7, 11) is 0. The Labute approximate surface area is 133 Å². The topological polar surface area (TPSA) is 50.9 Å². The molecule has 5 heteroatoms. The van der Waals surface area contributed by atoms with Gasteiger partial charge in [0, 0.05) is 23.6 Å². The molecular formula is C17H17N3OS. The highest BCUT2D eigenvalue weighted by Crippen LogP contribution is 2.31. The number of hydrogen-bond donors (Lipinski definition) is 1. The Morgan fingerprint density at radius 3 is 3.05 bits per heavy atom. The fourth-order valence-corrected chi connectivity index (χ4v) is 4.24. The molecule has 0 radical (unpaired) electrons. The maximum absolute atomic E-state index is 9.77. The predicted octanol–water partition coefficient (Wildman–Crippen LogP) is 3.70. The third kappa shape index (κ3) is 2.46. The molecule has 4 nitrogen and oxygen atoms in total. The highest BCUT2D eigenvalue weighted by molar-refractivity contribution is 8.00. The van der Waals surface area contributed by atoms with Crippen molar-refractivity contribution >= 4 is 22.9 Å². The van der Waals surface area contributed by atoms with Gasteiger partial charge in [-0.1, -0.05) is 12.1 Å². The van der Waals surface area contributed by atoms with Crippen LogP contribution in [0.4, 0.5) is 0 Å². The van der Waals surface area contributed by atoms with E-state index >= 15 is 0 Å². The zero-order valence-corrected chi connectivity index (χ0v) is 13.0. The number of aromatic hydroxyl groups is 1. The Hall–Kier alpha value is -2.01. The number of nitrogens with zero attached hydrogens (tertiary/aromatic N) is 3. The lowest BCUT2D eigenvalue weighted by molar-refractivity contribution is 0.475. The molecule has 1 unspecified atom stereocenters. The largest absolute Gasteiger partial charge is 0.508 e. The molecule has 0 amide bonds. The average molecular weight is 311 g/mol. The SMILES string of the molecule is Oc1cccc(-c2nc3cccnc3n2CC2CCCS2)c1. The number of hydrogen-bond acceptors (Lipinski definition) is 4. The van der Waals surface area contributed by atoms with Gasteiger partial charge in [-0.3, -0.25) is 0 Å². The van der Waals surface area contributed by atoms with E-state index < -0.39 is 0 Å². The average Bonchev–Trinajstić information content (AvgIpc) is 3.16. The molecule has 1 aromatic carbocycles. The van der Waals surface area contributed by atoms with Gasteiger partial charge in [-0.2, -0.15) is 11.8 Å². The molecule has 0 saturated carbocycles. The molecule has 1 aliphatic rings. The molecule has 0 spiro atoms. The highest BCUT2D eigenvalue weighted by Gasteiger charge is 2.21. The van der Waals surface area contributed by atoms with E-state index in [1.54, 1.807) is 12.1 Å². The first-order chi connectivity index (χ1) is 10.8. The van der Waals surface area contributed by atoms with Crippen LogP contribution in [0.3, 0.4) is 0 Å². The fourth-order valence-electron chi connectivity index (χ4n) is 2.99. The molecule has 0 bridgehead atoms. The molecule has 112 valence electrons. The van der Waals surface area contributed by atoms with Crippen LogP contribution in [-0.2, 0) is 6.54 Å². The van der Waals surface area contributed by atoms with Crippen molar-refractivity contribution in [1.82, 2.24) is 14.5 Å². The van der Waals surface area contributed by atoms with E-state index in [1.165, 1.54) is 18.6 Å². The first-order valence-corrected chi connectivity index (χ1v) is 8.58. The second kappa shape index (κ2) is 5.65. The molecule has 3 aromatic rings. The molecule has 1 N–H and O–H groups in total. The second-order valence-corrected chi connectivity index (χ2v) is 6.99. The van der Waals surface area contributed by atoms with Gasteiger partial charge in [0.1, 0.15) is 17.1 Å². The number of thioether (sulfide) groups is 1. The van der Waals surface area contributed by atoms with Crippen LogP contribution in [0.5, 0.6) is 5.75 Å². The first kappa shape index (κ1) is 13.6. The summed E-state index contributed by atoms with van der Waals surface area (Å²) in [6.07, 6.45) is 4.35. The van der Waals surface area contributed by atoms with Crippen molar-refractivity contribution in [2.75, 3.05) is 5.75 Å². The minimum atomic E-state index is 0.263. The zero-order chi connectivity index (χ0) is 14.9. The molecular weight excluding hydrogens is 294 g/mol. The third-order valence-electron chi connectivity index (χ3n) is 4.02. The quantitative estimate of drug-likeness (QED) is 0.801. The van der Waals surface area contributed by atoms with Gasteiger partial charge in [0.05, 0.1) is 0 Å². The van der Waals surface area contributed by atoms with Crippen molar-refractivity contribution in [2.24, 2.45) is 0 Å². The Morgan fingerprint density at radius 2 is 2.23 bits per heavy atom. The lowest BCUT2D eigenvalue weighted by Crippen LogP contribution is -2.11. The van der Waals surface area contributed by atoms with Crippen molar-refractivity contribution in [1.29, 1.82) is 0 Å². The number of rotatable bonds is 3. The minimum absolute atomic E-state index is 0.263. The molecule has 2 aromatic heterocycles. The van der Waals surface area contributed by atoms with Crippen LogP contribution in [0.15, 0.2) is 42.6 Å². The van der Waals surface area contributed by atoms with Crippen LogP contribution in [0.25, 0.3) is 22.6 Å². The van der Waals surface area contributed by atoms with Gasteiger partial charge in [0.15, 0.2) is 5.65 Å². The van der Waals surface area contributed by atoms with Crippen molar-refractivity contribution in [3.05, 3.63) is 42.6 Å². The van der Waals surface area contributed by atoms with Gasteiger partial charge in [-0.15, -0.1) is 0 Å². The van der Waals surface area contributed by atoms with Gasteiger partial charge in [0.2, 0.25) is 0 Å².